The Morgan fingerprint density at radius 3 is 2.23 bits per heavy atom. The van der Waals surface area contributed by atoms with Gasteiger partial charge < -0.3 is 30.9 Å². The van der Waals surface area contributed by atoms with Crippen molar-refractivity contribution in [2.75, 3.05) is 0 Å². The van der Waals surface area contributed by atoms with E-state index in [4.69, 9.17) is 26.2 Å². The third-order valence-electron chi connectivity index (χ3n) is 1.91. The minimum atomic E-state index is -1.65. The molecule has 1 heterocycles. The topological polar surface area (TPSA) is 133 Å². The van der Waals surface area contributed by atoms with E-state index in [0.29, 0.717) is 0 Å². The van der Waals surface area contributed by atoms with E-state index < -0.39 is 36.6 Å². The summed E-state index contributed by atoms with van der Waals surface area (Å²) < 4.78 is 4.46. The molecule has 0 aromatic rings. The maximum absolute atomic E-state index is 10.4. The first-order valence-corrected chi connectivity index (χ1v) is 3.63. The van der Waals surface area contributed by atoms with Crippen LogP contribution in [0.25, 0.3) is 0 Å². The molecule has 0 aromatic carbocycles. The van der Waals surface area contributed by atoms with Crippen LogP contribution in [0.4, 0.5) is 0 Å². The molecule has 7 heteroatoms. The first-order valence-electron chi connectivity index (χ1n) is 3.63. The predicted molar refractivity (Wildman–Crippen MR) is 38.5 cm³/mol. The molecule has 76 valence electrons. The zero-order valence-corrected chi connectivity index (χ0v) is 6.57. The monoisotopic (exact) mass is 193 g/mol. The van der Waals surface area contributed by atoms with Crippen molar-refractivity contribution in [2.24, 2.45) is 5.73 Å². The highest BCUT2D eigenvalue weighted by atomic mass is 16.6. The van der Waals surface area contributed by atoms with Gasteiger partial charge in [0.05, 0.1) is 6.04 Å². The lowest BCUT2D eigenvalue weighted by atomic mass is 9.98. The average molecular weight is 193 g/mol. The number of ether oxygens (including phenoxy) is 1. The van der Waals surface area contributed by atoms with Crippen LogP contribution in [0.15, 0.2) is 0 Å². The number of aliphatic hydroxyl groups excluding tert-OH is 3. The van der Waals surface area contributed by atoms with Crippen LogP contribution in [-0.4, -0.2) is 57.0 Å². The number of carboxylic acids is 1. The maximum Gasteiger partial charge on any atom is 0.335 e. The van der Waals surface area contributed by atoms with Gasteiger partial charge in [-0.2, -0.15) is 0 Å². The second-order valence-electron chi connectivity index (χ2n) is 2.84. The van der Waals surface area contributed by atoms with E-state index in [1.807, 2.05) is 0 Å². The normalized spacial score (nSPS) is 46.0. The predicted octanol–water partition coefficient (Wildman–Crippen LogP) is -3.16. The second-order valence-corrected chi connectivity index (χ2v) is 2.84. The van der Waals surface area contributed by atoms with E-state index in [9.17, 15) is 4.79 Å². The molecule has 6 N–H and O–H groups in total. The van der Waals surface area contributed by atoms with Gasteiger partial charge in [0, 0.05) is 0 Å². The zero-order chi connectivity index (χ0) is 10.2. The van der Waals surface area contributed by atoms with Crippen molar-refractivity contribution in [1.82, 2.24) is 0 Å². The van der Waals surface area contributed by atoms with E-state index in [2.05, 4.69) is 4.74 Å². The molecule has 0 bridgehead atoms. The number of aliphatic hydroxyl groups is 3. The van der Waals surface area contributed by atoms with Crippen molar-refractivity contribution in [3.8, 4) is 0 Å². The molecule has 0 spiro atoms. The molecule has 7 nitrogen and oxygen atoms in total. The van der Waals surface area contributed by atoms with Crippen LogP contribution in [0.2, 0.25) is 0 Å². The van der Waals surface area contributed by atoms with E-state index in [1.54, 1.807) is 0 Å². The number of aliphatic carboxylic acids is 1. The Morgan fingerprint density at radius 1 is 1.23 bits per heavy atom. The van der Waals surface area contributed by atoms with Gasteiger partial charge in [-0.1, -0.05) is 0 Å². The lowest BCUT2D eigenvalue weighted by molar-refractivity contribution is -0.244. The molecule has 0 radical (unpaired) electrons. The zero-order valence-electron chi connectivity index (χ0n) is 6.57. The standard InChI is InChI=1S/C6H11NO6/c7-1-2(8)3(9)4(5(10)11)13-6(1)12/h1-4,6,8-9,12H,7H2,(H,10,11)/t1-,2-,3-,4-,6+/m0/s1. The summed E-state index contributed by atoms with van der Waals surface area (Å²) in [4.78, 5) is 10.4. The van der Waals surface area contributed by atoms with Crippen molar-refractivity contribution in [3.05, 3.63) is 0 Å². The molecule has 1 aliphatic heterocycles. The van der Waals surface area contributed by atoms with Crippen molar-refractivity contribution in [3.63, 3.8) is 0 Å². The summed E-state index contributed by atoms with van der Waals surface area (Å²) in [6.45, 7) is 0. The van der Waals surface area contributed by atoms with Crippen molar-refractivity contribution < 1.29 is 30.0 Å². The molecule has 0 amide bonds. The number of carbonyl (C=O) groups is 1. The summed E-state index contributed by atoms with van der Waals surface area (Å²) >= 11 is 0. The van der Waals surface area contributed by atoms with Crippen LogP contribution in [0, 0.1) is 0 Å². The Kier molecular flexibility index (Phi) is 2.84. The minimum Gasteiger partial charge on any atom is -0.479 e. The quantitative estimate of drug-likeness (QED) is 0.296. The molecular formula is C6H11NO6. The fourth-order valence-corrected chi connectivity index (χ4v) is 1.10. The van der Waals surface area contributed by atoms with Crippen LogP contribution in [0.5, 0.6) is 0 Å². The largest absolute Gasteiger partial charge is 0.479 e. The molecule has 1 rings (SSSR count). The van der Waals surface area contributed by atoms with Gasteiger partial charge in [0.1, 0.15) is 12.2 Å². The van der Waals surface area contributed by atoms with Crippen molar-refractivity contribution in [2.45, 2.75) is 30.6 Å². The number of nitrogens with two attached hydrogens (primary N) is 1. The molecular weight excluding hydrogens is 182 g/mol. The Balaban J connectivity index is 2.76. The molecule has 1 saturated heterocycles. The van der Waals surface area contributed by atoms with Gasteiger partial charge in [-0.05, 0) is 0 Å². The summed E-state index contributed by atoms with van der Waals surface area (Å²) in [7, 11) is 0. The molecule has 0 aliphatic carbocycles. The number of carboxylic acid groups (broad SMARTS) is 1. The van der Waals surface area contributed by atoms with Gasteiger partial charge in [-0.15, -0.1) is 0 Å². The number of rotatable bonds is 1. The molecule has 1 aliphatic rings. The van der Waals surface area contributed by atoms with Gasteiger partial charge in [-0.3, -0.25) is 0 Å². The highest BCUT2D eigenvalue weighted by molar-refractivity contribution is 5.73. The van der Waals surface area contributed by atoms with Gasteiger partial charge in [0.2, 0.25) is 0 Å². The van der Waals surface area contributed by atoms with Gasteiger partial charge in [0.15, 0.2) is 12.4 Å². The third-order valence-corrected chi connectivity index (χ3v) is 1.91. The highest BCUT2D eigenvalue weighted by Crippen LogP contribution is 2.18. The first kappa shape index (κ1) is 10.4. The van der Waals surface area contributed by atoms with E-state index >= 15 is 0 Å². The molecule has 0 saturated carbocycles. The number of hydrogen-bond donors (Lipinski definition) is 5. The van der Waals surface area contributed by atoms with Gasteiger partial charge in [-0.25, -0.2) is 4.79 Å². The van der Waals surface area contributed by atoms with Crippen LogP contribution >= 0.6 is 0 Å². The lowest BCUT2D eigenvalue weighted by Gasteiger charge is -2.36. The Bertz CT molecular complexity index is 209. The lowest BCUT2D eigenvalue weighted by Crippen LogP contribution is -2.62. The van der Waals surface area contributed by atoms with Gasteiger partial charge >= 0.3 is 5.97 Å². The highest BCUT2D eigenvalue weighted by Gasteiger charge is 2.45. The summed E-state index contributed by atoms with van der Waals surface area (Å²) in [6, 6.07) is -1.20. The summed E-state index contributed by atoms with van der Waals surface area (Å²) in [5.74, 6) is -1.46. The SMILES string of the molecule is N[C@H]1[C@H](O)[C@H](O)[C@@H](C(=O)O)O[C@H]1O. The van der Waals surface area contributed by atoms with Crippen molar-refractivity contribution >= 4 is 5.97 Å². The maximum atomic E-state index is 10.4. The van der Waals surface area contributed by atoms with Crippen LogP contribution in [0.1, 0.15) is 0 Å². The molecule has 0 aromatic heterocycles. The first-order chi connectivity index (χ1) is 5.95. The number of hydrogen-bond acceptors (Lipinski definition) is 6. The minimum absolute atomic E-state index is 1.20. The fourth-order valence-electron chi connectivity index (χ4n) is 1.10. The van der Waals surface area contributed by atoms with Crippen molar-refractivity contribution in [1.29, 1.82) is 0 Å². The van der Waals surface area contributed by atoms with Gasteiger partial charge in [0.25, 0.3) is 0 Å². The molecule has 13 heavy (non-hydrogen) atoms. The third kappa shape index (κ3) is 1.79. The van der Waals surface area contributed by atoms with E-state index in [0.717, 1.165) is 0 Å². The van der Waals surface area contributed by atoms with Crippen LogP contribution in [-0.2, 0) is 9.53 Å². The molecule has 0 unspecified atom stereocenters. The van der Waals surface area contributed by atoms with E-state index in [1.165, 1.54) is 0 Å². The van der Waals surface area contributed by atoms with Crippen LogP contribution < -0.4 is 5.73 Å². The Hall–Kier alpha value is -0.730. The average Bonchev–Trinajstić information content (AvgIpc) is 2.07. The second kappa shape index (κ2) is 3.56. The Labute approximate surface area is 73.4 Å². The smallest absolute Gasteiger partial charge is 0.335 e. The van der Waals surface area contributed by atoms with Crippen LogP contribution in [0.3, 0.4) is 0 Å². The van der Waals surface area contributed by atoms with E-state index in [-0.39, 0.29) is 0 Å². The summed E-state index contributed by atoms with van der Waals surface area (Å²) in [6.07, 6.45) is -6.37. The molecule has 5 atom stereocenters. The summed E-state index contributed by atoms with van der Waals surface area (Å²) in [5.41, 5.74) is 5.20. The molecule has 1 fully saturated rings. The Morgan fingerprint density at radius 2 is 1.77 bits per heavy atom. The summed E-state index contributed by atoms with van der Waals surface area (Å²) in [5, 5.41) is 35.8. The fraction of sp³-hybridized carbons (Fsp3) is 0.833.